The van der Waals surface area contributed by atoms with E-state index in [4.69, 9.17) is 0 Å². The molecule has 0 radical (unpaired) electrons. The number of amides is 1. The molecule has 0 bridgehead atoms. The number of hydrogen-bond acceptors (Lipinski definition) is 3. The normalized spacial score (nSPS) is 22.1. The fourth-order valence-electron chi connectivity index (χ4n) is 3.05. The summed E-state index contributed by atoms with van der Waals surface area (Å²) in [5.41, 5.74) is -0.0208. The molecule has 19 heavy (non-hydrogen) atoms. The van der Waals surface area contributed by atoms with Crippen LogP contribution in [0.3, 0.4) is 0 Å². The first-order chi connectivity index (χ1) is 8.99. The third-order valence-corrected chi connectivity index (χ3v) is 4.74. The van der Waals surface area contributed by atoms with Gasteiger partial charge in [-0.25, -0.2) is 0 Å². The van der Waals surface area contributed by atoms with Crippen molar-refractivity contribution in [2.45, 2.75) is 45.1 Å². The summed E-state index contributed by atoms with van der Waals surface area (Å²) in [7, 11) is 1.97. The van der Waals surface area contributed by atoms with E-state index in [1.807, 2.05) is 11.9 Å². The zero-order chi connectivity index (χ0) is 13.9. The fourth-order valence-corrected chi connectivity index (χ4v) is 3.05. The molecule has 2 fully saturated rings. The molecule has 0 aromatic carbocycles. The monoisotopic (exact) mass is 267 g/mol. The quantitative estimate of drug-likeness (QED) is 0.816. The number of carbonyl (C=O) groups excluding carboxylic acids is 1. The summed E-state index contributed by atoms with van der Waals surface area (Å²) in [6.07, 6.45) is 4.59. The Morgan fingerprint density at radius 3 is 2.47 bits per heavy atom. The van der Waals surface area contributed by atoms with Gasteiger partial charge in [0.1, 0.15) is 0 Å². The second-order valence-corrected chi connectivity index (χ2v) is 6.80. The van der Waals surface area contributed by atoms with Crippen LogP contribution in [0.4, 0.5) is 0 Å². The van der Waals surface area contributed by atoms with Crippen molar-refractivity contribution in [3.63, 3.8) is 0 Å². The largest absolute Gasteiger partial charge is 0.345 e. The predicted octanol–water partition coefficient (Wildman–Crippen LogP) is 1.32. The van der Waals surface area contributed by atoms with Gasteiger partial charge in [-0.05, 0) is 32.6 Å². The van der Waals surface area contributed by atoms with Gasteiger partial charge in [-0.3, -0.25) is 9.69 Å². The molecule has 4 nitrogen and oxygen atoms in total. The van der Waals surface area contributed by atoms with Gasteiger partial charge in [0.15, 0.2) is 0 Å². The Hall–Kier alpha value is -0.610. The van der Waals surface area contributed by atoms with Crippen molar-refractivity contribution >= 4 is 5.91 Å². The van der Waals surface area contributed by atoms with Crippen LogP contribution >= 0.6 is 0 Å². The van der Waals surface area contributed by atoms with Gasteiger partial charge in [0.25, 0.3) is 0 Å². The number of carbonyl (C=O) groups is 1. The van der Waals surface area contributed by atoms with Crippen molar-refractivity contribution in [2.24, 2.45) is 5.92 Å². The Kier molecular flexibility index (Phi) is 4.85. The average molecular weight is 267 g/mol. The second kappa shape index (κ2) is 6.23. The van der Waals surface area contributed by atoms with E-state index in [-0.39, 0.29) is 5.54 Å². The molecular weight excluding hydrogens is 238 g/mol. The molecule has 1 saturated carbocycles. The molecule has 1 amide bonds. The van der Waals surface area contributed by atoms with Crippen LogP contribution in [0.15, 0.2) is 0 Å². The molecule has 0 spiro atoms. The van der Waals surface area contributed by atoms with Gasteiger partial charge in [-0.2, -0.15) is 0 Å². The molecule has 0 aromatic heterocycles. The van der Waals surface area contributed by atoms with E-state index in [2.05, 4.69) is 24.1 Å². The van der Waals surface area contributed by atoms with Crippen LogP contribution < -0.4 is 5.32 Å². The van der Waals surface area contributed by atoms with Gasteiger partial charge in [-0.1, -0.05) is 6.42 Å². The molecule has 0 aromatic rings. The Balaban J connectivity index is 1.81. The van der Waals surface area contributed by atoms with Gasteiger partial charge in [0, 0.05) is 51.7 Å². The predicted molar refractivity (Wildman–Crippen MR) is 78.1 cm³/mol. The molecule has 1 aliphatic carbocycles. The molecule has 1 heterocycles. The highest BCUT2D eigenvalue weighted by molar-refractivity contribution is 5.77. The SMILES string of the molecule is CN(CC1CCC1)C(=O)CC(C)(C)N1CCNCC1. The number of nitrogens with one attached hydrogen (secondary N) is 1. The van der Waals surface area contributed by atoms with Gasteiger partial charge in [0.2, 0.25) is 5.91 Å². The molecule has 1 saturated heterocycles. The number of nitrogens with zero attached hydrogens (tertiary/aromatic N) is 2. The summed E-state index contributed by atoms with van der Waals surface area (Å²) in [5, 5.41) is 3.37. The maximum absolute atomic E-state index is 12.4. The fraction of sp³-hybridized carbons (Fsp3) is 0.933. The first kappa shape index (κ1) is 14.8. The minimum Gasteiger partial charge on any atom is -0.345 e. The molecular formula is C15H29N3O. The molecule has 0 unspecified atom stereocenters. The highest BCUT2D eigenvalue weighted by Gasteiger charge is 2.32. The number of rotatable bonds is 5. The lowest BCUT2D eigenvalue weighted by Crippen LogP contribution is -2.55. The standard InChI is InChI=1S/C15H29N3O/c1-15(2,18-9-7-16-8-10-18)11-14(19)17(3)12-13-5-4-6-13/h13,16H,4-12H2,1-3H3. The summed E-state index contributed by atoms with van der Waals surface area (Å²) in [4.78, 5) is 16.8. The highest BCUT2D eigenvalue weighted by Crippen LogP contribution is 2.27. The minimum atomic E-state index is -0.0208. The molecule has 4 heteroatoms. The summed E-state index contributed by atoms with van der Waals surface area (Å²) in [5.74, 6) is 1.06. The van der Waals surface area contributed by atoms with E-state index in [1.54, 1.807) is 0 Å². The highest BCUT2D eigenvalue weighted by atomic mass is 16.2. The van der Waals surface area contributed by atoms with Gasteiger partial charge in [-0.15, -0.1) is 0 Å². The van der Waals surface area contributed by atoms with Gasteiger partial charge < -0.3 is 10.2 Å². The third kappa shape index (κ3) is 3.93. The first-order valence-electron chi connectivity index (χ1n) is 7.69. The zero-order valence-electron chi connectivity index (χ0n) is 12.7. The maximum atomic E-state index is 12.4. The minimum absolute atomic E-state index is 0.0208. The van der Waals surface area contributed by atoms with E-state index >= 15 is 0 Å². The van der Waals surface area contributed by atoms with Crippen molar-refractivity contribution in [1.82, 2.24) is 15.1 Å². The molecule has 2 aliphatic rings. The van der Waals surface area contributed by atoms with E-state index in [0.29, 0.717) is 12.3 Å². The van der Waals surface area contributed by atoms with Crippen molar-refractivity contribution < 1.29 is 4.79 Å². The average Bonchev–Trinajstić information content (AvgIpc) is 2.34. The first-order valence-corrected chi connectivity index (χ1v) is 7.69. The molecule has 1 N–H and O–H groups in total. The van der Waals surface area contributed by atoms with E-state index < -0.39 is 0 Å². The van der Waals surface area contributed by atoms with E-state index in [1.165, 1.54) is 19.3 Å². The third-order valence-electron chi connectivity index (χ3n) is 4.74. The van der Waals surface area contributed by atoms with Crippen LogP contribution in [0.25, 0.3) is 0 Å². The zero-order valence-corrected chi connectivity index (χ0v) is 12.7. The topological polar surface area (TPSA) is 35.6 Å². The molecule has 1 aliphatic heterocycles. The van der Waals surface area contributed by atoms with Crippen molar-refractivity contribution in [3.05, 3.63) is 0 Å². The van der Waals surface area contributed by atoms with Crippen LogP contribution in [0.1, 0.15) is 39.5 Å². The van der Waals surface area contributed by atoms with Crippen LogP contribution in [0.5, 0.6) is 0 Å². The lowest BCUT2D eigenvalue weighted by Gasteiger charge is -2.41. The summed E-state index contributed by atoms with van der Waals surface area (Å²) in [6.45, 7) is 9.53. The second-order valence-electron chi connectivity index (χ2n) is 6.80. The molecule has 0 atom stereocenters. The Morgan fingerprint density at radius 1 is 1.32 bits per heavy atom. The lowest BCUT2D eigenvalue weighted by atomic mass is 9.85. The van der Waals surface area contributed by atoms with E-state index in [9.17, 15) is 4.79 Å². The lowest BCUT2D eigenvalue weighted by molar-refractivity contribution is -0.133. The van der Waals surface area contributed by atoms with Crippen molar-refractivity contribution in [1.29, 1.82) is 0 Å². The Bertz CT molecular complexity index is 307. The summed E-state index contributed by atoms with van der Waals surface area (Å²) < 4.78 is 0. The summed E-state index contributed by atoms with van der Waals surface area (Å²) in [6, 6.07) is 0. The van der Waals surface area contributed by atoms with E-state index in [0.717, 1.165) is 38.6 Å². The van der Waals surface area contributed by atoms with Crippen LogP contribution in [0, 0.1) is 5.92 Å². The van der Waals surface area contributed by atoms with Gasteiger partial charge in [0.05, 0.1) is 0 Å². The number of piperazine rings is 1. The molecule has 110 valence electrons. The van der Waals surface area contributed by atoms with Crippen LogP contribution in [-0.4, -0.2) is 61.0 Å². The van der Waals surface area contributed by atoms with Crippen LogP contribution in [0.2, 0.25) is 0 Å². The van der Waals surface area contributed by atoms with Crippen molar-refractivity contribution in [2.75, 3.05) is 39.8 Å². The van der Waals surface area contributed by atoms with Crippen LogP contribution in [-0.2, 0) is 4.79 Å². The van der Waals surface area contributed by atoms with Crippen molar-refractivity contribution in [3.8, 4) is 0 Å². The summed E-state index contributed by atoms with van der Waals surface area (Å²) >= 11 is 0. The Morgan fingerprint density at radius 2 is 1.95 bits per heavy atom. The van der Waals surface area contributed by atoms with Gasteiger partial charge >= 0.3 is 0 Å². The number of hydrogen-bond donors (Lipinski definition) is 1. The smallest absolute Gasteiger partial charge is 0.224 e. The maximum Gasteiger partial charge on any atom is 0.224 e. The Labute approximate surface area is 117 Å². The molecule has 2 rings (SSSR count).